The van der Waals surface area contributed by atoms with Gasteiger partial charge in [0.1, 0.15) is 5.82 Å². The number of aromatic nitrogens is 1. The van der Waals surface area contributed by atoms with Crippen LogP contribution in [0.15, 0.2) is 12.3 Å². The van der Waals surface area contributed by atoms with E-state index in [9.17, 15) is 8.42 Å². The molecule has 2 rings (SSSR count). The lowest BCUT2D eigenvalue weighted by atomic mass is 10.2. The highest BCUT2D eigenvalue weighted by molar-refractivity contribution is 7.88. The van der Waals surface area contributed by atoms with Gasteiger partial charge in [-0.25, -0.2) is 13.4 Å². The minimum absolute atomic E-state index is 0.454. The molecule has 0 spiro atoms. The number of nitrogens with zero attached hydrogens (tertiary/aromatic N) is 3. The molecular weight excluding hydrogens is 286 g/mol. The van der Waals surface area contributed by atoms with Crippen molar-refractivity contribution in [3.8, 4) is 0 Å². The monoisotopic (exact) mass is 303 g/mol. The van der Waals surface area contributed by atoms with Crippen molar-refractivity contribution < 1.29 is 8.42 Å². The first-order chi connectivity index (χ1) is 8.91. The first kappa shape index (κ1) is 14.6. The Bertz CT molecular complexity index is 554. The van der Waals surface area contributed by atoms with Crippen molar-refractivity contribution in [3.63, 3.8) is 0 Å². The van der Waals surface area contributed by atoms with Gasteiger partial charge in [-0.3, -0.25) is 0 Å². The third-order valence-electron chi connectivity index (χ3n) is 3.27. The van der Waals surface area contributed by atoms with Crippen LogP contribution in [-0.2, 0) is 15.9 Å². The summed E-state index contributed by atoms with van der Waals surface area (Å²) in [5, 5.41) is 0. The molecule has 7 heteroatoms. The lowest BCUT2D eigenvalue weighted by molar-refractivity contribution is 0.386. The fourth-order valence-corrected chi connectivity index (χ4v) is 3.23. The van der Waals surface area contributed by atoms with E-state index in [4.69, 9.17) is 11.6 Å². The number of rotatable bonds is 3. The molecule has 1 aromatic heterocycles. The Morgan fingerprint density at radius 3 is 2.42 bits per heavy atom. The number of hydrogen-bond donors (Lipinski definition) is 0. The van der Waals surface area contributed by atoms with Gasteiger partial charge in [0.05, 0.1) is 6.26 Å². The maximum Gasteiger partial charge on any atom is 0.211 e. The van der Waals surface area contributed by atoms with Gasteiger partial charge in [-0.15, -0.1) is 11.6 Å². The summed E-state index contributed by atoms with van der Waals surface area (Å²) in [6.07, 6.45) is 3.03. The number of sulfonamides is 1. The second-order valence-corrected chi connectivity index (χ2v) is 7.02. The van der Waals surface area contributed by atoms with Crippen molar-refractivity contribution in [2.75, 3.05) is 37.3 Å². The molecule has 0 radical (unpaired) electrons. The summed E-state index contributed by atoms with van der Waals surface area (Å²) < 4.78 is 24.4. The molecule has 0 saturated carbocycles. The Hall–Kier alpha value is -0.850. The van der Waals surface area contributed by atoms with Crippen molar-refractivity contribution in [2.45, 2.75) is 12.8 Å². The van der Waals surface area contributed by atoms with Crippen LogP contribution in [0.1, 0.15) is 11.1 Å². The average Bonchev–Trinajstić information content (AvgIpc) is 2.37. The molecule has 1 saturated heterocycles. The van der Waals surface area contributed by atoms with Gasteiger partial charge in [0.15, 0.2) is 0 Å². The van der Waals surface area contributed by atoms with E-state index in [2.05, 4.69) is 9.88 Å². The molecule has 0 N–H and O–H groups in total. The van der Waals surface area contributed by atoms with Crippen LogP contribution in [0.3, 0.4) is 0 Å². The minimum Gasteiger partial charge on any atom is -0.354 e. The molecule has 106 valence electrons. The summed E-state index contributed by atoms with van der Waals surface area (Å²) in [5.41, 5.74) is 2.07. The Kier molecular flexibility index (Phi) is 4.32. The smallest absolute Gasteiger partial charge is 0.211 e. The molecule has 1 fully saturated rings. The quantitative estimate of drug-likeness (QED) is 0.788. The lowest BCUT2D eigenvalue weighted by Gasteiger charge is -2.34. The van der Waals surface area contributed by atoms with Crippen LogP contribution in [0.25, 0.3) is 0 Å². The molecule has 19 heavy (non-hydrogen) atoms. The van der Waals surface area contributed by atoms with E-state index < -0.39 is 10.0 Å². The second kappa shape index (κ2) is 5.64. The van der Waals surface area contributed by atoms with E-state index >= 15 is 0 Å². The van der Waals surface area contributed by atoms with Crippen molar-refractivity contribution in [1.82, 2.24) is 9.29 Å². The molecular formula is C12H18ClN3O2S. The Morgan fingerprint density at radius 2 is 1.95 bits per heavy atom. The predicted octanol–water partition coefficient (Wildman–Crippen LogP) is 1.21. The lowest BCUT2D eigenvalue weighted by Crippen LogP contribution is -2.48. The Balaban J connectivity index is 2.10. The molecule has 5 nitrogen and oxygen atoms in total. The molecule has 0 aromatic carbocycles. The van der Waals surface area contributed by atoms with Crippen LogP contribution in [0, 0.1) is 6.92 Å². The van der Waals surface area contributed by atoms with E-state index in [-0.39, 0.29) is 0 Å². The van der Waals surface area contributed by atoms with Gasteiger partial charge in [0.2, 0.25) is 10.0 Å². The Morgan fingerprint density at radius 1 is 1.32 bits per heavy atom. The van der Waals surface area contributed by atoms with Crippen LogP contribution >= 0.6 is 11.6 Å². The number of halogens is 1. The van der Waals surface area contributed by atoms with Crippen LogP contribution in [0.2, 0.25) is 0 Å². The summed E-state index contributed by atoms with van der Waals surface area (Å²) in [7, 11) is -3.08. The number of alkyl halides is 1. The van der Waals surface area contributed by atoms with Crippen molar-refractivity contribution in [1.29, 1.82) is 0 Å². The van der Waals surface area contributed by atoms with Gasteiger partial charge in [0, 0.05) is 38.3 Å². The molecule has 1 aromatic rings. The van der Waals surface area contributed by atoms with Gasteiger partial charge in [-0.1, -0.05) is 0 Å². The summed E-state index contributed by atoms with van der Waals surface area (Å²) in [5.74, 6) is 1.37. The molecule has 1 aliphatic heterocycles. The zero-order valence-corrected chi connectivity index (χ0v) is 12.7. The number of anilines is 1. The second-order valence-electron chi connectivity index (χ2n) is 4.77. The van der Waals surface area contributed by atoms with Gasteiger partial charge in [-0.2, -0.15) is 4.31 Å². The molecule has 2 heterocycles. The molecule has 0 aliphatic carbocycles. The molecule has 0 unspecified atom stereocenters. The number of pyridine rings is 1. The molecule has 0 atom stereocenters. The highest BCUT2D eigenvalue weighted by Crippen LogP contribution is 2.20. The first-order valence-electron chi connectivity index (χ1n) is 6.13. The first-order valence-corrected chi connectivity index (χ1v) is 8.51. The summed E-state index contributed by atoms with van der Waals surface area (Å²) in [4.78, 5) is 6.55. The zero-order chi connectivity index (χ0) is 14.0. The standard InChI is InChI=1S/C12H18ClN3O2S/c1-10-7-11(8-13)9-14-12(10)15-3-5-16(6-4-15)19(2,17)18/h7,9H,3-6,8H2,1-2H3. The van der Waals surface area contributed by atoms with E-state index in [1.165, 1.54) is 10.6 Å². The fourth-order valence-electron chi connectivity index (χ4n) is 2.26. The van der Waals surface area contributed by atoms with Gasteiger partial charge in [0.25, 0.3) is 0 Å². The SMILES string of the molecule is Cc1cc(CCl)cnc1N1CCN(S(C)(=O)=O)CC1. The highest BCUT2D eigenvalue weighted by atomic mass is 35.5. The maximum absolute atomic E-state index is 11.5. The van der Waals surface area contributed by atoms with E-state index in [0.717, 1.165) is 16.9 Å². The molecule has 0 bridgehead atoms. The largest absolute Gasteiger partial charge is 0.354 e. The van der Waals surface area contributed by atoms with E-state index in [1.54, 1.807) is 6.20 Å². The average molecular weight is 304 g/mol. The minimum atomic E-state index is -3.08. The fraction of sp³-hybridized carbons (Fsp3) is 0.583. The number of hydrogen-bond acceptors (Lipinski definition) is 4. The van der Waals surface area contributed by atoms with Crippen LogP contribution in [0.5, 0.6) is 0 Å². The van der Waals surface area contributed by atoms with Crippen molar-refractivity contribution >= 4 is 27.4 Å². The normalized spacial score (nSPS) is 17.7. The molecule has 1 aliphatic rings. The zero-order valence-electron chi connectivity index (χ0n) is 11.1. The van der Waals surface area contributed by atoms with Crippen molar-refractivity contribution in [2.24, 2.45) is 0 Å². The molecule has 0 amide bonds. The van der Waals surface area contributed by atoms with Crippen LogP contribution < -0.4 is 4.90 Å². The summed E-state index contributed by atoms with van der Waals surface area (Å²) in [6.45, 7) is 4.36. The number of piperazine rings is 1. The maximum atomic E-state index is 11.5. The predicted molar refractivity (Wildman–Crippen MR) is 77.2 cm³/mol. The van der Waals surface area contributed by atoms with Crippen LogP contribution in [-0.4, -0.2) is 50.1 Å². The third kappa shape index (κ3) is 3.38. The van der Waals surface area contributed by atoms with Gasteiger partial charge < -0.3 is 4.90 Å². The third-order valence-corrected chi connectivity index (χ3v) is 4.88. The topological polar surface area (TPSA) is 53.5 Å². The van der Waals surface area contributed by atoms with Crippen molar-refractivity contribution in [3.05, 3.63) is 23.4 Å². The summed E-state index contributed by atoms with van der Waals surface area (Å²) >= 11 is 5.78. The van der Waals surface area contributed by atoms with Gasteiger partial charge in [-0.05, 0) is 24.1 Å². The number of aryl methyl sites for hydroxylation is 1. The van der Waals surface area contributed by atoms with E-state index in [1.807, 2.05) is 13.0 Å². The highest BCUT2D eigenvalue weighted by Gasteiger charge is 2.24. The Labute approximate surface area is 119 Å². The van der Waals surface area contributed by atoms with E-state index in [0.29, 0.717) is 32.1 Å². The van der Waals surface area contributed by atoms with Crippen LogP contribution in [0.4, 0.5) is 5.82 Å². The van der Waals surface area contributed by atoms with Gasteiger partial charge >= 0.3 is 0 Å². The summed E-state index contributed by atoms with van der Waals surface area (Å²) in [6, 6.07) is 2.03.